The number of carbonyl (C=O) groups is 1. The van der Waals surface area contributed by atoms with Crippen molar-refractivity contribution in [3.05, 3.63) is 78.0 Å². The number of amides is 1. The average molecular weight is 509 g/mol. The number of alkyl halides is 3. The van der Waals surface area contributed by atoms with Crippen LogP contribution in [0.1, 0.15) is 35.7 Å². The Morgan fingerprint density at radius 2 is 1.84 bits per heavy atom. The van der Waals surface area contributed by atoms with Gasteiger partial charge in [0.25, 0.3) is 5.91 Å². The predicted octanol–water partition coefficient (Wildman–Crippen LogP) is 5.28. The maximum absolute atomic E-state index is 13.2. The van der Waals surface area contributed by atoms with Crippen LogP contribution in [-0.4, -0.2) is 39.6 Å². The molecule has 0 spiro atoms. The van der Waals surface area contributed by atoms with E-state index in [0.29, 0.717) is 33.9 Å². The number of hydrogen-bond donors (Lipinski definition) is 3. The van der Waals surface area contributed by atoms with Crippen molar-refractivity contribution in [1.82, 2.24) is 25.2 Å². The maximum atomic E-state index is 13.2. The minimum absolute atomic E-state index is 0.0978. The van der Waals surface area contributed by atoms with Crippen LogP contribution < -0.4 is 16.0 Å². The fourth-order valence-corrected chi connectivity index (χ4v) is 4.63. The van der Waals surface area contributed by atoms with Gasteiger partial charge in [0.2, 0.25) is 5.95 Å². The van der Waals surface area contributed by atoms with Crippen LogP contribution in [0, 0.1) is 5.92 Å². The van der Waals surface area contributed by atoms with Crippen LogP contribution in [0.4, 0.5) is 24.8 Å². The highest BCUT2D eigenvalue weighted by atomic mass is 19.4. The molecule has 10 heteroatoms. The summed E-state index contributed by atoms with van der Waals surface area (Å²) < 4.78 is 41.1. The molecule has 7 nitrogen and oxygen atoms in total. The predicted molar refractivity (Wildman–Crippen MR) is 136 cm³/mol. The van der Waals surface area contributed by atoms with Gasteiger partial charge in [0.1, 0.15) is 0 Å². The first-order chi connectivity index (χ1) is 17.8. The Morgan fingerprint density at radius 3 is 2.57 bits per heavy atom. The standard InChI is InChI=1S/C27H27F3N6O/c1-17(18-11-13-31-14-12-18)32-25(37)19-7-9-22(10-8-19)33-26-34-24-23(6-3-15-36(24)35-26)20-4-2-5-21(16-20)27(28,29)30/h2-10,15-18,31H,11-14H2,1H3,(H,32,37)(H,33,35). The van der Waals surface area contributed by atoms with Gasteiger partial charge in [0.05, 0.1) is 5.56 Å². The van der Waals surface area contributed by atoms with Crippen LogP contribution in [0.15, 0.2) is 66.9 Å². The van der Waals surface area contributed by atoms with Crippen LogP contribution in [0.5, 0.6) is 0 Å². The molecule has 192 valence electrons. The lowest BCUT2D eigenvalue weighted by Gasteiger charge is -2.28. The van der Waals surface area contributed by atoms with E-state index in [9.17, 15) is 18.0 Å². The lowest BCUT2D eigenvalue weighted by molar-refractivity contribution is -0.137. The number of hydrogen-bond acceptors (Lipinski definition) is 5. The molecule has 0 bridgehead atoms. The van der Waals surface area contributed by atoms with E-state index in [4.69, 9.17) is 0 Å². The van der Waals surface area contributed by atoms with E-state index >= 15 is 0 Å². The van der Waals surface area contributed by atoms with Gasteiger partial charge in [-0.1, -0.05) is 12.1 Å². The molecule has 0 saturated carbocycles. The Morgan fingerprint density at radius 1 is 1.08 bits per heavy atom. The van der Waals surface area contributed by atoms with E-state index in [2.05, 4.69) is 26.0 Å². The number of nitrogens with one attached hydrogen (secondary N) is 3. The molecule has 3 heterocycles. The molecule has 1 fully saturated rings. The molecular weight excluding hydrogens is 481 g/mol. The largest absolute Gasteiger partial charge is 0.416 e. The van der Waals surface area contributed by atoms with E-state index in [1.807, 2.05) is 6.92 Å². The van der Waals surface area contributed by atoms with Crippen molar-refractivity contribution >= 4 is 23.2 Å². The summed E-state index contributed by atoms with van der Waals surface area (Å²) in [5.41, 5.74) is 1.87. The number of carbonyl (C=O) groups excluding carboxylic acids is 1. The Hall–Kier alpha value is -3.92. The summed E-state index contributed by atoms with van der Waals surface area (Å²) in [6.45, 7) is 4.00. The smallest absolute Gasteiger partial charge is 0.349 e. The van der Waals surface area contributed by atoms with Crippen LogP contribution in [0.2, 0.25) is 0 Å². The lowest BCUT2D eigenvalue weighted by atomic mass is 9.91. The quantitative estimate of drug-likeness (QED) is 0.330. The Bertz CT molecular complexity index is 1390. The summed E-state index contributed by atoms with van der Waals surface area (Å²) >= 11 is 0. The van der Waals surface area contributed by atoms with Gasteiger partial charge in [-0.3, -0.25) is 4.79 Å². The van der Waals surface area contributed by atoms with Crippen LogP contribution >= 0.6 is 0 Å². The van der Waals surface area contributed by atoms with Gasteiger partial charge < -0.3 is 16.0 Å². The first-order valence-corrected chi connectivity index (χ1v) is 12.2. The number of fused-ring (bicyclic) bond motifs is 1. The molecule has 1 unspecified atom stereocenters. The molecule has 1 saturated heterocycles. The van der Waals surface area contributed by atoms with Gasteiger partial charge in [-0.25, -0.2) is 4.52 Å². The van der Waals surface area contributed by atoms with Crippen molar-refractivity contribution in [3.63, 3.8) is 0 Å². The minimum Gasteiger partial charge on any atom is -0.349 e. The Kier molecular flexibility index (Phi) is 6.84. The lowest BCUT2D eigenvalue weighted by Crippen LogP contribution is -2.42. The second-order valence-electron chi connectivity index (χ2n) is 9.26. The van der Waals surface area contributed by atoms with E-state index in [-0.39, 0.29) is 17.9 Å². The third kappa shape index (κ3) is 5.59. The Balaban J connectivity index is 1.30. The number of aromatic nitrogens is 3. The molecular formula is C27H27F3N6O. The fourth-order valence-electron chi connectivity index (χ4n) is 4.63. The van der Waals surface area contributed by atoms with Gasteiger partial charge in [-0.05, 0) is 92.9 Å². The molecule has 0 aliphatic carbocycles. The highest BCUT2D eigenvalue weighted by molar-refractivity contribution is 5.94. The van der Waals surface area contributed by atoms with Gasteiger partial charge in [0, 0.05) is 29.1 Å². The molecule has 2 aromatic carbocycles. The van der Waals surface area contributed by atoms with Crippen molar-refractivity contribution in [2.45, 2.75) is 32.0 Å². The topological polar surface area (TPSA) is 83.4 Å². The number of anilines is 2. The summed E-state index contributed by atoms with van der Waals surface area (Å²) in [5, 5.41) is 13.9. The zero-order valence-corrected chi connectivity index (χ0v) is 20.2. The molecule has 0 radical (unpaired) electrons. The van der Waals surface area contributed by atoms with Gasteiger partial charge >= 0.3 is 6.18 Å². The second kappa shape index (κ2) is 10.2. The third-order valence-electron chi connectivity index (χ3n) is 6.72. The number of pyridine rings is 1. The Labute approximate surface area is 212 Å². The van der Waals surface area contributed by atoms with Crippen molar-refractivity contribution in [2.75, 3.05) is 18.4 Å². The van der Waals surface area contributed by atoms with Crippen LogP contribution in [0.25, 0.3) is 16.8 Å². The minimum atomic E-state index is -4.43. The first kappa shape index (κ1) is 24.8. The summed E-state index contributed by atoms with van der Waals surface area (Å²) in [4.78, 5) is 17.2. The van der Waals surface area contributed by atoms with Crippen molar-refractivity contribution in [2.24, 2.45) is 5.92 Å². The maximum Gasteiger partial charge on any atom is 0.416 e. The van der Waals surface area contributed by atoms with Crippen LogP contribution in [0.3, 0.4) is 0 Å². The fraction of sp³-hybridized carbons (Fsp3) is 0.296. The van der Waals surface area contributed by atoms with E-state index in [1.54, 1.807) is 48.7 Å². The number of benzene rings is 2. The van der Waals surface area contributed by atoms with E-state index < -0.39 is 11.7 Å². The number of halogens is 3. The molecule has 1 amide bonds. The number of rotatable bonds is 6. The molecule has 3 N–H and O–H groups in total. The molecule has 2 aromatic heterocycles. The highest BCUT2D eigenvalue weighted by Gasteiger charge is 2.30. The van der Waals surface area contributed by atoms with Crippen molar-refractivity contribution in [3.8, 4) is 11.1 Å². The zero-order valence-electron chi connectivity index (χ0n) is 20.2. The highest BCUT2D eigenvalue weighted by Crippen LogP contribution is 2.33. The normalized spacial score (nSPS) is 15.5. The average Bonchev–Trinajstić information content (AvgIpc) is 3.31. The van der Waals surface area contributed by atoms with Gasteiger partial charge in [-0.15, -0.1) is 5.10 Å². The second-order valence-corrected chi connectivity index (χ2v) is 9.26. The summed E-state index contributed by atoms with van der Waals surface area (Å²) in [6.07, 6.45) is -0.658. The zero-order chi connectivity index (χ0) is 26.0. The monoisotopic (exact) mass is 508 g/mol. The first-order valence-electron chi connectivity index (χ1n) is 12.2. The summed E-state index contributed by atoms with van der Waals surface area (Å²) in [5.74, 6) is 0.637. The number of piperidine rings is 1. The summed E-state index contributed by atoms with van der Waals surface area (Å²) in [7, 11) is 0. The SMILES string of the molecule is CC(NC(=O)c1ccc(Nc2nc3c(-c4cccc(C(F)(F)F)c4)cccn3n2)cc1)C1CCNCC1. The molecule has 1 aliphatic heterocycles. The molecule has 1 atom stereocenters. The molecule has 1 aliphatic rings. The molecule has 37 heavy (non-hydrogen) atoms. The van der Waals surface area contributed by atoms with Crippen LogP contribution in [-0.2, 0) is 6.18 Å². The summed E-state index contributed by atoms with van der Waals surface area (Å²) in [6, 6.07) is 15.7. The molecule has 5 rings (SSSR count). The third-order valence-corrected chi connectivity index (χ3v) is 6.72. The van der Waals surface area contributed by atoms with E-state index in [1.165, 1.54) is 10.6 Å². The molecule has 4 aromatic rings. The number of nitrogens with zero attached hydrogens (tertiary/aromatic N) is 3. The van der Waals surface area contributed by atoms with Gasteiger partial charge in [0.15, 0.2) is 5.65 Å². The van der Waals surface area contributed by atoms with E-state index in [0.717, 1.165) is 38.1 Å². The van der Waals surface area contributed by atoms with Crippen molar-refractivity contribution < 1.29 is 18.0 Å². The van der Waals surface area contributed by atoms with Crippen molar-refractivity contribution in [1.29, 1.82) is 0 Å². The van der Waals surface area contributed by atoms with Gasteiger partial charge in [-0.2, -0.15) is 18.2 Å².